The molecule has 2 aromatic rings. The summed E-state index contributed by atoms with van der Waals surface area (Å²) in [6, 6.07) is 7.92. The highest BCUT2D eigenvalue weighted by atomic mass is 32.2. The van der Waals surface area contributed by atoms with E-state index in [4.69, 9.17) is 0 Å². The number of hydrogen-bond acceptors (Lipinski definition) is 5. The molecule has 0 radical (unpaired) electrons. The molecule has 3 rings (SSSR count). The van der Waals surface area contributed by atoms with Gasteiger partial charge in [-0.25, -0.2) is 13.8 Å². The molecule has 24 heavy (non-hydrogen) atoms. The maximum atomic E-state index is 12.5. The smallest absolute Gasteiger partial charge is 0.267 e. The summed E-state index contributed by atoms with van der Waals surface area (Å²) in [5.41, 5.74) is 3.57. The minimum absolute atomic E-state index is 0.138. The fourth-order valence-corrected chi connectivity index (χ4v) is 4.63. The van der Waals surface area contributed by atoms with Crippen molar-refractivity contribution >= 4 is 33.5 Å². The van der Waals surface area contributed by atoms with Crippen molar-refractivity contribution in [2.24, 2.45) is 5.10 Å². The van der Waals surface area contributed by atoms with E-state index in [1.165, 1.54) is 27.8 Å². The maximum absolute atomic E-state index is 12.5. The first kappa shape index (κ1) is 16.8. The monoisotopic (exact) mass is 363 g/mol. The van der Waals surface area contributed by atoms with Gasteiger partial charge in [0.2, 0.25) is 10.0 Å². The van der Waals surface area contributed by atoms with Crippen LogP contribution in [-0.2, 0) is 10.0 Å². The lowest BCUT2D eigenvalue weighted by atomic mass is 10.2. The highest BCUT2D eigenvalue weighted by Gasteiger charge is 2.27. The Morgan fingerprint density at radius 3 is 2.75 bits per heavy atom. The number of sulfonamides is 1. The molecule has 1 fully saturated rings. The fraction of sp³-hybridized carbons (Fsp3) is 0.250. The molecule has 8 heteroatoms. The number of rotatable bonds is 5. The van der Waals surface area contributed by atoms with Crippen LogP contribution in [0.25, 0.3) is 0 Å². The van der Waals surface area contributed by atoms with E-state index in [2.05, 4.69) is 10.5 Å². The Labute approximate surface area is 144 Å². The Morgan fingerprint density at radius 2 is 2.04 bits per heavy atom. The fourth-order valence-electron chi connectivity index (χ4n) is 2.45. The molecule has 1 saturated heterocycles. The predicted molar refractivity (Wildman–Crippen MR) is 93.8 cm³/mol. The SMILES string of the molecule is O=C(NN=Cc1ccsc1)c1cccc(S(=O)(=O)N2CCCC2)c1. The van der Waals surface area contributed by atoms with E-state index in [-0.39, 0.29) is 10.5 Å². The lowest BCUT2D eigenvalue weighted by Crippen LogP contribution is -2.28. The highest BCUT2D eigenvalue weighted by molar-refractivity contribution is 7.89. The van der Waals surface area contributed by atoms with Gasteiger partial charge in [0, 0.05) is 24.2 Å². The topological polar surface area (TPSA) is 78.8 Å². The lowest BCUT2D eigenvalue weighted by molar-refractivity contribution is 0.0955. The van der Waals surface area contributed by atoms with E-state index < -0.39 is 15.9 Å². The molecule has 1 aromatic heterocycles. The number of amides is 1. The van der Waals surface area contributed by atoms with Crippen molar-refractivity contribution < 1.29 is 13.2 Å². The number of hydrogen-bond donors (Lipinski definition) is 1. The van der Waals surface area contributed by atoms with Crippen LogP contribution < -0.4 is 5.43 Å². The van der Waals surface area contributed by atoms with Crippen LogP contribution in [0, 0.1) is 0 Å². The molecule has 2 heterocycles. The molecule has 1 aliphatic rings. The molecule has 1 aromatic carbocycles. The highest BCUT2D eigenvalue weighted by Crippen LogP contribution is 2.21. The van der Waals surface area contributed by atoms with Crippen molar-refractivity contribution in [3.8, 4) is 0 Å². The van der Waals surface area contributed by atoms with Crippen LogP contribution in [0.3, 0.4) is 0 Å². The van der Waals surface area contributed by atoms with Gasteiger partial charge in [-0.3, -0.25) is 4.79 Å². The number of thiophene rings is 1. The van der Waals surface area contributed by atoms with E-state index in [9.17, 15) is 13.2 Å². The molecule has 126 valence electrons. The molecule has 1 aliphatic heterocycles. The first-order valence-electron chi connectivity index (χ1n) is 7.53. The van der Waals surface area contributed by atoms with Gasteiger partial charge in [-0.15, -0.1) is 0 Å². The molecule has 0 bridgehead atoms. The molecule has 6 nitrogen and oxygen atoms in total. The van der Waals surface area contributed by atoms with E-state index >= 15 is 0 Å². The van der Waals surface area contributed by atoms with E-state index in [0.717, 1.165) is 18.4 Å². The molecule has 0 saturated carbocycles. The summed E-state index contributed by atoms with van der Waals surface area (Å²) in [5.74, 6) is -0.444. The largest absolute Gasteiger partial charge is 0.271 e. The van der Waals surface area contributed by atoms with E-state index in [0.29, 0.717) is 13.1 Å². The van der Waals surface area contributed by atoms with E-state index in [1.807, 2.05) is 16.8 Å². The zero-order valence-electron chi connectivity index (χ0n) is 12.9. The normalized spacial score (nSPS) is 15.8. The van der Waals surface area contributed by atoms with Crippen molar-refractivity contribution in [1.82, 2.24) is 9.73 Å². The predicted octanol–water partition coefficient (Wildman–Crippen LogP) is 2.30. The standard InChI is InChI=1S/C16H17N3O3S2/c20-16(18-17-11-13-6-9-23-12-13)14-4-3-5-15(10-14)24(21,22)19-7-1-2-8-19/h3-6,9-12H,1-2,7-8H2,(H,18,20). The van der Waals surface area contributed by atoms with Crippen LogP contribution in [0.5, 0.6) is 0 Å². The molecule has 0 spiro atoms. The summed E-state index contributed by atoms with van der Waals surface area (Å²) < 4.78 is 26.5. The molecule has 1 amide bonds. The first-order chi connectivity index (χ1) is 11.6. The third-order valence-electron chi connectivity index (χ3n) is 3.72. The van der Waals surface area contributed by atoms with Crippen LogP contribution >= 0.6 is 11.3 Å². The third-order valence-corrected chi connectivity index (χ3v) is 6.32. The van der Waals surface area contributed by atoms with Gasteiger partial charge in [0.25, 0.3) is 5.91 Å². The van der Waals surface area contributed by atoms with Crippen LogP contribution in [0.4, 0.5) is 0 Å². The van der Waals surface area contributed by atoms with Gasteiger partial charge in [0.1, 0.15) is 0 Å². The number of carbonyl (C=O) groups is 1. The van der Waals surface area contributed by atoms with Crippen LogP contribution in [0.1, 0.15) is 28.8 Å². The molecule has 0 unspecified atom stereocenters. The average molecular weight is 363 g/mol. The summed E-state index contributed by atoms with van der Waals surface area (Å²) in [5, 5.41) is 7.70. The summed E-state index contributed by atoms with van der Waals surface area (Å²) in [4.78, 5) is 12.3. The summed E-state index contributed by atoms with van der Waals surface area (Å²) in [7, 11) is -3.53. The lowest BCUT2D eigenvalue weighted by Gasteiger charge is -2.15. The van der Waals surface area contributed by atoms with Gasteiger partial charge in [0.15, 0.2) is 0 Å². The Kier molecular flexibility index (Phi) is 5.08. The molecular formula is C16H17N3O3S2. The molecule has 1 N–H and O–H groups in total. The van der Waals surface area contributed by atoms with Crippen molar-refractivity contribution in [2.75, 3.05) is 13.1 Å². The van der Waals surface area contributed by atoms with Gasteiger partial charge in [0.05, 0.1) is 11.1 Å². The van der Waals surface area contributed by atoms with Gasteiger partial charge in [-0.2, -0.15) is 20.7 Å². The number of nitrogens with zero attached hydrogens (tertiary/aromatic N) is 2. The Hall–Kier alpha value is -2.03. The second-order valence-corrected chi connectivity index (χ2v) is 8.11. The second-order valence-electron chi connectivity index (χ2n) is 5.39. The van der Waals surface area contributed by atoms with E-state index in [1.54, 1.807) is 18.3 Å². The summed E-state index contributed by atoms with van der Waals surface area (Å²) in [6.07, 6.45) is 3.28. The van der Waals surface area contributed by atoms with Crippen molar-refractivity contribution in [3.63, 3.8) is 0 Å². The number of hydrazone groups is 1. The van der Waals surface area contributed by atoms with Gasteiger partial charge >= 0.3 is 0 Å². The summed E-state index contributed by atoms with van der Waals surface area (Å²) in [6.45, 7) is 1.06. The Morgan fingerprint density at radius 1 is 1.25 bits per heavy atom. The zero-order chi connectivity index (χ0) is 17.0. The van der Waals surface area contributed by atoms with Crippen LogP contribution in [0.2, 0.25) is 0 Å². The molecule has 0 atom stereocenters. The molecular weight excluding hydrogens is 346 g/mol. The minimum atomic E-state index is -3.53. The van der Waals surface area contributed by atoms with Gasteiger partial charge < -0.3 is 0 Å². The van der Waals surface area contributed by atoms with Crippen molar-refractivity contribution in [3.05, 3.63) is 52.2 Å². The van der Waals surface area contributed by atoms with Crippen LogP contribution in [-0.4, -0.2) is 37.9 Å². The van der Waals surface area contributed by atoms with Crippen molar-refractivity contribution in [1.29, 1.82) is 0 Å². The summed E-state index contributed by atoms with van der Waals surface area (Å²) >= 11 is 1.54. The Bertz CT molecular complexity index is 839. The number of carbonyl (C=O) groups excluding carboxylic acids is 1. The Balaban J connectivity index is 1.73. The third kappa shape index (κ3) is 3.72. The van der Waals surface area contributed by atoms with Crippen LogP contribution in [0.15, 0.2) is 51.1 Å². The zero-order valence-corrected chi connectivity index (χ0v) is 14.5. The maximum Gasteiger partial charge on any atom is 0.271 e. The number of benzene rings is 1. The molecule has 0 aliphatic carbocycles. The first-order valence-corrected chi connectivity index (χ1v) is 9.91. The van der Waals surface area contributed by atoms with Gasteiger partial charge in [-0.1, -0.05) is 6.07 Å². The second kappa shape index (κ2) is 7.25. The van der Waals surface area contributed by atoms with Crippen molar-refractivity contribution in [2.45, 2.75) is 17.7 Å². The minimum Gasteiger partial charge on any atom is -0.267 e. The average Bonchev–Trinajstić information content (AvgIpc) is 3.29. The quantitative estimate of drug-likeness (QED) is 0.654. The number of nitrogens with one attached hydrogen (secondary N) is 1. The van der Waals surface area contributed by atoms with Gasteiger partial charge in [-0.05, 0) is 47.9 Å².